The number of fused-ring (bicyclic) bond motifs is 1. The zero-order valence-corrected chi connectivity index (χ0v) is 10.2. The van der Waals surface area contributed by atoms with Crippen molar-refractivity contribution in [1.29, 1.82) is 5.26 Å². The molecule has 1 aromatic carbocycles. The molecule has 3 rings (SSSR count). The molecular weight excluding hydrogens is 229 g/mol. The molecule has 0 aliphatic carbocycles. The van der Waals surface area contributed by atoms with Crippen LogP contribution in [-0.4, -0.2) is 25.7 Å². The smallest absolute Gasteiger partial charge is 0.126 e. The van der Waals surface area contributed by atoms with Crippen molar-refractivity contribution < 1.29 is 4.39 Å². The van der Waals surface area contributed by atoms with E-state index in [4.69, 9.17) is 5.26 Å². The topological polar surface area (TPSA) is 39.1 Å². The number of nitrogens with one attached hydrogen (secondary N) is 1. The van der Waals surface area contributed by atoms with Crippen molar-refractivity contribution in [2.75, 3.05) is 24.5 Å². The van der Waals surface area contributed by atoms with Gasteiger partial charge in [-0.2, -0.15) is 5.26 Å². The summed E-state index contributed by atoms with van der Waals surface area (Å²) in [6, 6.07) is 7.12. The van der Waals surface area contributed by atoms with Crippen LogP contribution in [0.1, 0.15) is 18.4 Å². The van der Waals surface area contributed by atoms with Crippen molar-refractivity contribution in [3.05, 3.63) is 29.6 Å². The first-order valence-electron chi connectivity index (χ1n) is 6.45. The Morgan fingerprint density at radius 3 is 3.00 bits per heavy atom. The highest BCUT2D eigenvalue weighted by Crippen LogP contribution is 2.29. The van der Waals surface area contributed by atoms with Crippen LogP contribution >= 0.6 is 0 Å². The molecule has 0 spiro atoms. The molecule has 2 aliphatic rings. The van der Waals surface area contributed by atoms with E-state index in [1.165, 1.54) is 25.0 Å². The highest BCUT2D eigenvalue weighted by atomic mass is 19.1. The molecule has 0 radical (unpaired) electrons. The fourth-order valence-electron chi connectivity index (χ4n) is 3.08. The predicted octanol–water partition coefficient (Wildman–Crippen LogP) is 1.89. The van der Waals surface area contributed by atoms with Gasteiger partial charge in [-0.1, -0.05) is 0 Å². The van der Waals surface area contributed by atoms with Gasteiger partial charge in [-0.15, -0.1) is 0 Å². The SMILES string of the molecule is N#Cc1cc(F)cc(N2CC3CCCNC3C2)c1. The van der Waals surface area contributed by atoms with Gasteiger partial charge in [0, 0.05) is 24.8 Å². The summed E-state index contributed by atoms with van der Waals surface area (Å²) in [5, 5.41) is 12.4. The second-order valence-corrected chi connectivity index (χ2v) is 5.18. The van der Waals surface area contributed by atoms with E-state index in [1.54, 1.807) is 6.07 Å². The highest BCUT2D eigenvalue weighted by Gasteiger charge is 2.34. The maximum atomic E-state index is 13.4. The van der Waals surface area contributed by atoms with Crippen molar-refractivity contribution in [3.63, 3.8) is 0 Å². The first kappa shape index (κ1) is 11.5. The lowest BCUT2D eigenvalue weighted by Crippen LogP contribution is -2.40. The van der Waals surface area contributed by atoms with E-state index in [9.17, 15) is 4.39 Å². The third-order valence-electron chi connectivity index (χ3n) is 3.98. The first-order chi connectivity index (χ1) is 8.76. The number of hydrogen-bond donors (Lipinski definition) is 1. The van der Waals surface area contributed by atoms with Crippen LogP contribution in [0.4, 0.5) is 10.1 Å². The summed E-state index contributed by atoms with van der Waals surface area (Å²) in [5.41, 5.74) is 1.23. The zero-order chi connectivity index (χ0) is 12.5. The molecule has 0 saturated carbocycles. The molecule has 2 unspecified atom stereocenters. The van der Waals surface area contributed by atoms with E-state index >= 15 is 0 Å². The number of hydrogen-bond acceptors (Lipinski definition) is 3. The largest absolute Gasteiger partial charge is 0.370 e. The standard InChI is InChI=1S/C14H16FN3/c15-12-4-10(7-16)5-13(6-12)18-8-11-2-1-3-17-14(11)9-18/h4-6,11,14,17H,1-3,8-9H2. The Morgan fingerprint density at radius 2 is 2.22 bits per heavy atom. The lowest BCUT2D eigenvalue weighted by atomic mass is 9.94. The monoisotopic (exact) mass is 245 g/mol. The number of rotatable bonds is 1. The summed E-state index contributed by atoms with van der Waals surface area (Å²) in [6.45, 7) is 2.96. The quantitative estimate of drug-likeness (QED) is 0.821. The van der Waals surface area contributed by atoms with Gasteiger partial charge in [-0.3, -0.25) is 0 Å². The summed E-state index contributed by atoms with van der Waals surface area (Å²) in [4.78, 5) is 2.19. The van der Waals surface area contributed by atoms with Gasteiger partial charge in [0.2, 0.25) is 0 Å². The Labute approximate surface area is 106 Å². The van der Waals surface area contributed by atoms with Gasteiger partial charge < -0.3 is 10.2 Å². The molecule has 3 nitrogen and oxygen atoms in total. The van der Waals surface area contributed by atoms with Crippen LogP contribution in [0.2, 0.25) is 0 Å². The third-order valence-corrected chi connectivity index (χ3v) is 3.98. The number of nitrogens with zero attached hydrogens (tertiary/aromatic N) is 2. The van der Waals surface area contributed by atoms with Crippen LogP contribution in [-0.2, 0) is 0 Å². The normalized spacial score (nSPS) is 26.8. The van der Waals surface area contributed by atoms with Crippen LogP contribution in [0, 0.1) is 23.1 Å². The summed E-state index contributed by atoms with van der Waals surface area (Å²) in [6.07, 6.45) is 2.47. The van der Waals surface area contributed by atoms with E-state index in [0.29, 0.717) is 17.5 Å². The molecule has 94 valence electrons. The number of halogens is 1. The van der Waals surface area contributed by atoms with Crippen molar-refractivity contribution in [2.45, 2.75) is 18.9 Å². The fraction of sp³-hybridized carbons (Fsp3) is 0.500. The van der Waals surface area contributed by atoms with Gasteiger partial charge >= 0.3 is 0 Å². The van der Waals surface area contributed by atoms with Crippen LogP contribution in [0.15, 0.2) is 18.2 Å². The Balaban J connectivity index is 1.83. The molecule has 4 heteroatoms. The van der Waals surface area contributed by atoms with Gasteiger partial charge in [-0.25, -0.2) is 4.39 Å². The van der Waals surface area contributed by atoms with Crippen LogP contribution in [0.25, 0.3) is 0 Å². The second-order valence-electron chi connectivity index (χ2n) is 5.18. The summed E-state index contributed by atoms with van der Waals surface area (Å²) >= 11 is 0. The zero-order valence-electron chi connectivity index (χ0n) is 10.2. The molecule has 2 fully saturated rings. The second kappa shape index (κ2) is 4.58. The maximum Gasteiger partial charge on any atom is 0.126 e. The molecule has 2 atom stereocenters. The van der Waals surface area contributed by atoms with Crippen LogP contribution < -0.4 is 10.2 Å². The van der Waals surface area contributed by atoms with E-state index in [2.05, 4.69) is 10.2 Å². The summed E-state index contributed by atoms with van der Waals surface area (Å²) in [7, 11) is 0. The molecule has 2 aliphatic heterocycles. The van der Waals surface area contributed by atoms with Gasteiger partial charge in [0.05, 0.1) is 11.6 Å². The summed E-state index contributed by atoms with van der Waals surface area (Å²) in [5.74, 6) is 0.333. The molecule has 18 heavy (non-hydrogen) atoms. The number of anilines is 1. The van der Waals surface area contributed by atoms with Crippen LogP contribution in [0.3, 0.4) is 0 Å². The van der Waals surface area contributed by atoms with Crippen molar-refractivity contribution >= 4 is 5.69 Å². The fourth-order valence-corrected chi connectivity index (χ4v) is 3.08. The van der Waals surface area contributed by atoms with Crippen molar-refractivity contribution in [1.82, 2.24) is 5.32 Å². The predicted molar refractivity (Wildman–Crippen MR) is 67.8 cm³/mol. The Morgan fingerprint density at radius 1 is 1.33 bits per heavy atom. The molecule has 1 N–H and O–H groups in total. The van der Waals surface area contributed by atoms with E-state index in [1.807, 2.05) is 6.07 Å². The number of piperidine rings is 1. The molecule has 2 heterocycles. The van der Waals surface area contributed by atoms with Crippen LogP contribution in [0.5, 0.6) is 0 Å². The third kappa shape index (κ3) is 2.06. The summed E-state index contributed by atoms with van der Waals surface area (Å²) < 4.78 is 13.4. The Kier molecular flexibility index (Phi) is 2.92. The van der Waals surface area contributed by atoms with E-state index < -0.39 is 0 Å². The molecular formula is C14H16FN3. The highest BCUT2D eigenvalue weighted by molar-refractivity contribution is 5.53. The van der Waals surface area contributed by atoms with Gasteiger partial charge in [0.1, 0.15) is 5.82 Å². The molecule has 2 saturated heterocycles. The average molecular weight is 245 g/mol. The molecule has 1 aromatic rings. The Hall–Kier alpha value is -1.60. The number of nitriles is 1. The van der Waals surface area contributed by atoms with Gasteiger partial charge in [-0.05, 0) is 43.5 Å². The lowest BCUT2D eigenvalue weighted by molar-refractivity contribution is 0.340. The van der Waals surface area contributed by atoms with Crippen molar-refractivity contribution in [2.24, 2.45) is 5.92 Å². The average Bonchev–Trinajstić information content (AvgIpc) is 2.81. The van der Waals surface area contributed by atoms with E-state index in [-0.39, 0.29) is 5.82 Å². The minimum atomic E-state index is -0.327. The molecule has 0 aromatic heterocycles. The minimum absolute atomic E-state index is 0.327. The maximum absolute atomic E-state index is 13.4. The van der Waals surface area contributed by atoms with Crippen molar-refractivity contribution in [3.8, 4) is 6.07 Å². The van der Waals surface area contributed by atoms with E-state index in [0.717, 1.165) is 25.3 Å². The molecule has 0 bridgehead atoms. The first-order valence-corrected chi connectivity index (χ1v) is 6.45. The Bertz CT molecular complexity index is 480. The molecule has 0 amide bonds. The number of benzene rings is 1. The minimum Gasteiger partial charge on any atom is -0.370 e. The lowest BCUT2D eigenvalue weighted by Gasteiger charge is -2.24. The van der Waals surface area contributed by atoms with Gasteiger partial charge in [0.15, 0.2) is 0 Å². The van der Waals surface area contributed by atoms with Gasteiger partial charge in [0.25, 0.3) is 0 Å².